The van der Waals surface area contributed by atoms with Gasteiger partial charge < -0.3 is 24.9 Å². The zero-order chi connectivity index (χ0) is 22.5. The van der Waals surface area contributed by atoms with Crippen molar-refractivity contribution in [3.05, 3.63) is 21.8 Å². The molecule has 0 radical (unpaired) electrons. The molecule has 2 aromatic heterocycles. The monoisotopic (exact) mass is 435 g/mol. The number of oxazole rings is 1. The Morgan fingerprint density at radius 1 is 1.37 bits per heavy atom. The second-order valence-electron chi connectivity index (χ2n) is 7.08. The van der Waals surface area contributed by atoms with E-state index in [1.807, 2.05) is 0 Å². The van der Waals surface area contributed by atoms with E-state index in [1.54, 1.807) is 39.1 Å². The van der Waals surface area contributed by atoms with Gasteiger partial charge in [-0.3, -0.25) is 4.79 Å². The maximum Gasteiger partial charge on any atom is 0.408 e. The second kappa shape index (κ2) is 9.36. The number of carbonyl (C=O) groups excluding carboxylic acids is 3. The van der Waals surface area contributed by atoms with E-state index in [1.165, 1.54) is 11.3 Å². The number of esters is 1. The van der Waals surface area contributed by atoms with E-state index in [4.69, 9.17) is 24.9 Å². The van der Waals surface area contributed by atoms with Crippen molar-refractivity contribution in [1.29, 1.82) is 5.26 Å². The highest BCUT2D eigenvalue weighted by Gasteiger charge is 2.27. The number of alkyl carbamates (subject to hydrolysis) is 1. The van der Waals surface area contributed by atoms with Gasteiger partial charge in [-0.15, -0.1) is 11.3 Å². The Balaban J connectivity index is 2.18. The van der Waals surface area contributed by atoms with Gasteiger partial charge in [-0.1, -0.05) is 0 Å². The predicted octanol–water partition coefficient (Wildman–Crippen LogP) is 1.71. The molecule has 3 N–H and O–H groups in total. The summed E-state index contributed by atoms with van der Waals surface area (Å²) >= 11 is 1.19. The van der Waals surface area contributed by atoms with Gasteiger partial charge in [0.2, 0.25) is 5.89 Å². The summed E-state index contributed by atoms with van der Waals surface area (Å²) in [5.41, 5.74) is 4.82. The molecule has 1 atom stereocenters. The number of ether oxygens (including phenoxy) is 2. The molecule has 0 bridgehead atoms. The number of nitrogens with two attached hydrogens (primary N) is 1. The predicted molar refractivity (Wildman–Crippen MR) is 104 cm³/mol. The van der Waals surface area contributed by atoms with Crippen molar-refractivity contribution in [3.8, 4) is 17.7 Å². The third kappa shape index (κ3) is 6.28. The number of amides is 2. The third-order valence-corrected chi connectivity index (χ3v) is 4.31. The van der Waals surface area contributed by atoms with Crippen LogP contribution in [-0.2, 0) is 20.7 Å². The van der Waals surface area contributed by atoms with E-state index < -0.39 is 36.2 Å². The van der Waals surface area contributed by atoms with Crippen LogP contribution in [0.5, 0.6) is 0 Å². The lowest BCUT2D eigenvalue weighted by atomic mass is 10.2. The van der Waals surface area contributed by atoms with Crippen molar-refractivity contribution >= 4 is 29.3 Å². The van der Waals surface area contributed by atoms with Crippen molar-refractivity contribution < 1.29 is 28.3 Å². The molecule has 0 aliphatic carbocycles. The van der Waals surface area contributed by atoms with Crippen LogP contribution in [0.3, 0.4) is 0 Å². The van der Waals surface area contributed by atoms with E-state index in [0.29, 0.717) is 10.7 Å². The highest BCUT2D eigenvalue weighted by molar-refractivity contribution is 7.09. The van der Waals surface area contributed by atoms with Crippen LogP contribution in [0.15, 0.2) is 9.80 Å². The minimum absolute atomic E-state index is 0.00380. The van der Waals surface area contributed by atoms with Crippen LogP contribution in [0, 0.1) is 18.3 Å². The molecule has 2 rings (SSSR count). The maximum absolute atomic E-state index is 12.3. The lowest BCUT2D eigenvalue weighted by Crippen LogP contribution is -2.45. The summed E-state index contributed by atoms with van der Waals surface area (Å²) in [6, 6.07) is 0.567. The van der Waals surface area contributed by atoms with E-state index >= 15 is 0 Å². The molecule has 0 saturated carbocycles. The molecule has 0 unspecified atom stereocenters. The molecule has 11 nitrogen and oxygen atoms in total. The van der Waals surface area contributed by atoms with Gasteiger partial charge >= 0.3 is 12.1 Å². The van der Waals surface area contributed by atoms with Gasteiger partial charge in [0.15, 0.2) is 12.3 Å². The Kier molecular flexibility index (Phi) is 7.12. The standard InChI is InChI=1S/C18H21N5O6S/c1-9-13(14(20)24)23-15(28-9)11-8-30-12(21-11)7-10(16(25)27-6-5-19)22-17(26)29-18(2,3)4/h8,10H,6-7H2,1-4H3,(H2,20,24)(H,22,26)/t10-/m0/s1. The Morgan fingerprint density at radius 3 is 2.63 bits per heavy atom. The molecule has 0 aromatic carbocycles. The quantitative estimate of drug-likeness (QED) is 0.614. The van der Waals surface area contributed by atoms with Crippen molar-refractivity contribution in [3.63, 3.8) is 0 Å². The number of hydrogen-bond donors (Lipinski definition) is 2. The largest absolute Gasteiger partial charge is 0.449 e. The summed E-state index contributed by atoms with van der Waals surface area (Å²) in [6.45, 7) is 6.14. The van der Waals surface area contributed by atoms with Gasteiger partial charge in [0.1, 0.15) is 29.2 Å². The third-order valence-electron chi connectivity index (χ3n) is 3.43. The Bertz CT molecular complexity index is 984. The average molecular weight is 435 g/mol. The van der Waals surface area contributed by atoms with Gasteiger partial charge in [0.05, 0.1) is 5.01 Å². The fourth-order valence-corrected chi connectivity index (χ4v) is 3.07. The first kappa shape index (κ1) is 22.8. The van der Waals surface area contributed by atoms with E-state index in [9.17, 15) is 14.4 Å². The molecule has 0 aliphatic heterocycles. The molecule has 0 aliphatic rings. The number of nitrogens with zero attached hydrogens (tertiary/aromatic N) is 3. The zero-order valence-corrected chi connectivity index (χ0v) is 17.7. The van der Waals surface area contributed by atoms with Crippen LogP contribution in [0.2, 0.25) is 0 Å². The van der Waals surface area contributed by atoms with Gasteiger partial charge in [-0.2, -0.15) is 5.26 Å². The number of nitriles is 1. The Morgan fingerprint density at radius 2 is 2.07 bits per heavy atom. The van der Waals surface area contributed by atoms with Crippen LogP contribution in [-0.4, -0.2) is 46.2 Å². The summed E-state index contributed by atoms with van der Waals surface area (Å²) in [6.07, 6.45) is -0.830. The molecule has 2 amide bonds. The molecule has 2 heterocycles. The van der Waals surface area contributed by atoms with E-state index in [-0.39, 0.29) is 23.8 Å². The molecule has 0 spiro atoms. The maximum atomic E-state index is 12.3. The topological polar surface area (TPSA) is 170 Å². The highest BCUT2D eigenvalue weighted by atomic mass is 32.1. The SMILES string of the molecule is Cc1oc(-c2csc(C[C@H](NC(=O)OC(C)(C)C)C(=O)OCC#N)n2)nc1C(N)=O. The van der Waals surface area contributed by atoms with E-state index in [0.717, 1.165) is 0 Å². The minimum Gasteiger partial charge on any atom is -0.449 e. The number of rotatable bonds is 7. The Labute approximate surface area is 176 Å². The lowest BCUT2D eigenvalue weighted by molar-refractivity contribution is -0.144. The van der Waals surface area contributed by atoms with Gasteiger partial charge in [-0.25, -0.2) is 19.6 Å². The number of primary amides is 1. The molecular formula is C18H21N5O6S. The number of carbonyl (C=O) groups is 3. The van der Waals surface area contributed by atoms with Gasteiger partial charge in [0, 0.05) is 11.8 Å². The van der Waals surface area contributed by atoms with Gasteiger partial charge in [0.25, 0.3) is 5.91 Å². The number of aromatic nitrogens is 2. The number of aryl methyl sites for hydroxylation is 1. The van der Waals surface area contributed by atoms with Crippen LogP contribution in [0.25, 0.3) is 11.6 Å². The minimum atomic E-state index is -1.13. The van der Waals surface area contributed by atoms with Crippen molar-refractivity contribution in [2.45, 2.75) is 45.8 Å². The molecule has 30 heavy (non-hydrogen) atoms. The molecular weight excluding hydrogens is 414 g/mol. The fraction of sp³-hybridized carbons (Fsp3) is 0.444. The first-order valence-electron chi connectivity index (χ1n) is 8.75. The molecule has 0 saturated heterocycles. The summed E-state index contributed by atoms with van der Waals surface area (Å²) in [7, 11) is 0. The van der Waals surface area contributed by atoms with Crippen molar-refractivity contribution in [1.82, 2.24) is 15.3 Å². The van der Waals surface area contributed by atoms with Crippen LogP contribution < -0.4 is 11.1 Å². The summed E-state index contributed by atoms with van der Waals surface area (Å²) in [4.78, 5) is 44.0. The van der Waals surface area contributed by atoms with E-state index in [2.05, 4.69) is 15.3 Å². The molecule has 12 heteroatoms. The van der Waals surface area contributed by atoms with Crippen LogP contribution in [0.1, 0.15) is 42.0 Å². The second-order valence-corrected chi connectivity index (χ2v) is 8.03. The summed E-state index contributed by atoms with van der Waals surface area (Å²) < 4.78 is 15.4. The van der Waals surface area contributed by atoms with Crippen molar-refractivity contribution in [2.24, 2.45) is 5.73 Å². The first-order chi connectivity index (χ1) is 14.0. The molecule has 160 valence electrons. The van der Waals surface area contributed by atoms with Gasteiger partial charge in [-0.05, 0) is 27.7 Å². The molecule has 2 aromatic rings. The first-order valence-corrected chi connectivity index (χ1v) is 9.63. The lowest BCUT2D eigenvalue weighted by Gasteiger charge is -2.22. The summed E-state index contributed by atoms with van der Waals surface area (Å²) in [5.74, 6) is -1.16. The fourth-order valence-electron chi connectivity index (χ4n) is 2.26. The van der Waals surface area contributed by atoms with Crippen LogP contribution in [0.4, 0.5) is 4.79 Å². The Hall–Kier alpha value is -3.46. The van der Waals surface area contributed by atoms with Crippen molar-refractivity contribution in [2.75, 3.05) is 6.61 Å². The summed E-state index contributed by atoms with van der Waals surface area (Å²) in [5, 5.41) is 13.1. The average Bonchev–Trinajstić information content (AvgIpc) is 3.23. The van der Waals surface area contributed by atoms with Crippen LogP contribution >= 0.6 is 11.3 Å². The number of nitrogens with one attached hydrogen (secondary N) is 1. The number of thiazole rings is 1. The normalized spacial score (nSPS) is 12.0. The smallest absolute Gasteiger partial charge is 0.408 e. The molecule has 0 fully saturated rings. The highest BCUT2D eigenvalue weighted by Crippen LogP contribution is 2.24. The number of hydrogen-bond acceptors (Lipinski definition) is 10. The zero-order valence-electron chi connectivity index (χ0n) is 16.8.